The molecule has 2 aromatic rings. The molecule has 0 amide bonds. The van der Waals surface area contributed by atoms with Gasteiger partial charge in [-0.1, -0.05) is 17.8 Å². The van der Waals surface area contributed by atoms with Crippen LogP contribution in [-0.2, 0) is 5.75 Å². The van der Waals surface area contributed by atoms with Crippen molar-refractivity contribution in [1.29, 1.82) is 5.41 Å². The van der Waals surface area contributed by atoms with Gasteiger partial charge in [0.05, 0.1) is 5.69 Å². The van der Waals surface area contributed by atoms with Crippen LogP contribution in [0.25, 0.3) is 5.65 Å². The van der Waals surface area contributed by atoms with Gasteiger partial charge in [0, 0.05) is 11.9 Å². The van der Waals surface area contributed by atoms with E-state index in [1.54, 1.807) is 0 Å². The van der Waals surface area contributed by atoms with Crippen molar-refractivity contribution in [1.82, 2.24) is 9.38 Å². The Morgan fingerprint density at radius 1 is 1.56 bits per heavy atom. The van der Waals surface area contributed by atoms with E-state index in [0.29, 0.717) is 5.75 Å². The molecule has 3 N–H and O–H groups in total. The van der Waals surface area contributed by atoms with Gasteiger partial charge in [-0.25, -0.2) is 4.98 Å². The van der Waals surface area contributed by atoms with Gasteiger partial charge in [-0.05, 0) is 28.1 Å². The van der Waals surface area contributed by atoms with Crippen LogP contribution in [0.1, 0.15) is 5.69 Å². The Hall–Kier alpha value is -0.530. The molecule has 0 atom stereocenters. The van der Waals surface area contributed by atoms with E-state index in [1.165, 1.54) is 11.8 Å². The molecule has 0 bridgehead atoms. The second-order valence-electron chi connectivity index (χ2n) is 2.93. The molecular formula is C9H9Br2N4S-. The number of imidazole rings is 1. The molecule has 0 aliphatic heterocycles. The number of aromatic nitrogens is 2. The average molecular weight is 365 g/mol. The number of halogens is 2. The van der Waals surface area contributed by atoms with Crippen LogP contribution in [0.2, 0.25) is 0 Å². The fourth-order valence-electron chi connectivity index (χ4n) is 1.25. The second kappa shape index (κ2) is 5.70. The summed E-state index contributed by atoms with van der Waals surface area (Å²) in [5.41, 5.74) is 7.08. The standard InChI is InChI=1S/C9H9BrN4S.BrH/c10-8-6(5-15-9(11)12)13-7-3-1-2-4-14(7)8;/h1-4H,5H2,(H3,11,12);1H/p-1. The Balaban J connectivity index is 0.00000128. The highest BCUT2D eigenvalue weighted by Gasteiger charge is 2.09. The predicted octanol–water partition coefficient (Wildman–Crippen LogP) is -0.773. The lowest BCUT2D eigenvalue weighted by Gasteiger charge is -1.96. The van der Waals surface area contributed by atoms with Crippen molar-refractivity contribution >= 4 is 38.5 Å². The monoisotopic (exact) mass is 363 g/mol. The van der Waals surface area contributed by atoms with Crippen LogP contribution in [0, 0.1) is 5.41 Å². The molecule has 0 aliphatic carbocycles. The number of thioether (sulfide) groups is 1. The number of amidine groups is 1. The summed E-state index contributed by atoms with van der Waals surface area (Å²) in [6.45, 7) is 0. The van der Waals surface area contributed by atoms with Crippen molar-refractivity contribution in [3.8, 4) is 0 Å². The molecule has 0 spiro atoms. The SMILES string of the molecule is N=C(N)SCc1nc2ccccn2c1Br.[Br-]. The van der Waals surface area contributed by atoms with Crippen LogP contribution in [0.5, 0.6) is 0 Å². The van der Waals surface area contributed by atoms with E-state index in [4.69, 9.17) is 11.1 Å². The van der Waals surface area contributed by atoms with Gasteiger partial charge in [0.1, 0.15) is 10.3 Å². The average Bonchev–Trinajstić information content (AvgIpc) is 2.54. The highest BCUT2D eigenvalue weighted by Crippen LogP contribution is 2.22. The van der Waals surface area contributed by atoms with Gasteiger partial charge >= 0.3 is 0 Å². The topological polar surface area (TPSA) is 67.2 Å². The molecule has 0 aromatic carbocycles. The van der Waals surface area contributed by atoms with E-state index in [1.807, 2.05) is 28.8 Å². The summed E-state index contributed by atoms with van der Waals surface area (Å²) in [5.74, 6) is 0.609. The molecule has 7 heteroatoms. The number of nitrogens with one attached hydrogen (secondary N) is 1. The van der Waals surface area contributed by atoms with Gasteiger partial charge < -0.3 is 22.7 Å². The summed E-state index contributed by atoms with van der Waals surface area (Å²) in [6.07, 6.45) is 1.94. The lowest BCUT2D eigenvalue weighted by molar-refractivity contribution is -0.00000335. The zero-order chi connectivity index (χ0) is 10.8. The Morgan fingerprint density at radius 3 is 2.94 bits per heavy atom. The Labute approximate surface area is 116 Å². The van der Waals surface area contributed by atoms with E-state index < -0.39 is 0 Å². The molecule has 2 aromatic heterocycles. The van der Waals surface area contributed by atoms with E-state index >= 15 is 0 Å². The minimum Gasteiger partial charge on any atom is -1.00 e. The first-order chi connectivity index (χ1) is 7.18. The van der Waals surface area contributed by atoms with E-state index in [0.717, 1.165) is 15.9 Å². The molecule has 0 fully saturated rings. The van der Waals surface area contributed by atoms with Crippen LogP contribution >= 0.6 is 27.7 Å². The molecule has 86 valence electrons. The van der Waals surface area contributed by atoms with Crippen molar-refractivity contribution < 1.29 is 17.0 Å². The van der Waals surface area contributed by atoms with Gasteiger partial charge in [0.15, 0.2) is 5.17 Å². The van der Waals surface area contributed by atoms with E-state index in [2.05, 4.69) is 20.9 Å². The number of pyridine rings is 1. The summed E-state index contributed by atoms with van der Waals surface area (Å²) in [7, 11) is 0. The van der Waals surface area contributed by atoms with Crippen LogP contribution in [0.15, 0.2) is 29.0 Å². The largest absolute Gasteiger partial charge is 1.00 e. The Kier molecular flexibility index (Phi) is 4.82. The summed E-state index contributed by atoms with van der Waals surface area (Å²) < 4.78 is 2.88. The smallest absolute Gasteiger partial charge is 0.151 e. The Bertz CT molecular complexity index is 511. The highest BCUT2D eigenvalue weighted by atomic mass is 79.9. The van der Waals surface area contributed by atoms with Crippen molar-refractivity contribution in [3.63, 3.8) is 0 Å². The molecule has 0 saturated heterocycles. The number of nitrogens with two attached hydrogens (primary N) is 1. The number of nitrogens with zero attached hydrogens (tertiary/aromatic N) is 2. The third-order valence-electron chi connectivity index (χ3n) is 1.90. The molecule has 0 radical (unpaired) electrons. The van der Waals surface area contributed by atoms with Crippen LogP contribution in [0.3, 0.4) is 0 Å². The molecular weight excluding hydrogens is 356 g/mol. The normalized spacial score (nSPS) is 10.1. The first-order valence-corrected chi connectivity index (χ1v) is 6.04. The number of fused-ring (bicyclic) bond motifs is 1. The van der Waals surface area contributed by atoms with E-state index in [9.17, 15) is 0 Å². The molecule has 0 aliphatic rings. The quantitative estimate of drug-likeness (QED) is 0.543. The first kappa shape index (κ1) is 13.5. The van der Waals surface area contributed by atoms with Gasteiger partial charge in [-0.3, -0.25) is 9.81 Å². The fourth-order valence-corrected chi connectivity index (χ4v) is 2.46. The minimum atomic E-state index is 0. The molecule has 16 heavy (non-hydrogen) atoms. The maximum atomic E-state index is 7.14. The third-order valence-corrected chi connectivity index (χ3v) is 3.47. The number of hydrogen-bond donors (Lipinski definition) is 2. The molecule has 0 unspecified atom stereocenters. The number of hydrogen-bond acceptors (Lipinski definition) is 3. The highest BCUT2D eigenvalue weighted by molar-refractivity contribution is 9.10. The molecule has 4 nitrogen and oxygen atoms in total. The molecule has 2 heterocycles. The summed E-state index contributed by atoms with van der Waals surface area (Å²) >= 11 is 4.75. The van der Waals surface area contributed by atoms with Crippen molar-refractivity contribution in [2.45, 2.75) is 5.75 Å². The zero-order valence-electron chi connectivity index (χ0n) is 8.15. The fraction of sp³-hybridized carbons (Fsp3) is 0.111. The van der Waals surface area contributed by atoms with Crippen molar-refractivity contribution in [3.05, 3.63) is 34.7 Å². The van der Waals surface area contributed by atoms with Gasteiger partial charge in [-0.2, -0.15) is 0 Å². The van der Waals surface area contributed by atoms with Gasteiger partial charge in [0.25, 0.3) is 0 Å². The lowest BCUT2D eigenvalue weighted by Crippen LogP contribution is -3.00. The molecule has 0 saturated carbocycles. The third kappa shape index (κ3) is 2.78. The van der Waals surface area contributed by atoms with Crippen LogP contribution < -0.4 is 22.7 Å². The minimum absolute atomic E-state index is 0. The maximum absolute atomic E-state index is 7.14. The van der Waals surface area contributed by atoms with Crippen LogP contribution in [-0.4, -0.2) is 14.6 Å². The summed E-state index contributed by atoms with van der Waals surface area (Å²) in [4.78, 5) is 4.43. The number of rotatable bonds is 2. The summed E-state index contributed by atoms with van der Waals surface area (Å²) in [5, 5.41) is 7.25. The predicted molar refractivity (Wildman–Crippen MR) is 66.1 cm³/mol. The second-order valence-corrected chi connectivity index (χ2v) is 4.70. The van der Waals surface area contributed by atoms with Crippen LogP contribution in [0.4, 0.5) is 0 Å². The van der Waals surface area contributed by atoms with Gasteiger partial charge in [0.2, 0.25) is 0 Å². The Morgan fingerprint density at radius 2 is 2.31 bits per heavy atom. The molecule has 2 rings (SSSR count). The van der Waals surface area contributed by atoms with Gasteiger partial charge in [-0.15, -0.1) is 0 Å². The van der Waals surface area contributed by atoms with Crippen molar-refractivity contribution in [2.24, 2.45) is 5.73 Å². The summed E-state index contributed by atoms with van der Waals surface area (Å²) in [6, 6.07) is 5.82. The first-order valence-electron chi connectivity index (χ1n) is 4.27. The van der Waals surface area contributed by atoms with E-state index in [-0.39, 0.29) is 22.1 Å². The maximum Gasteiger partial charge on any atom is 0.151 e. The lowest BCUT2D eigenvalue weighted by atomic mass is 10.5. The van der Waals surface area contributed by atoms with Crippen molar-refractivity contribution in [2.75, 3.05) is 0 Å². The zero-order valence-corrected chi connectivity index (χ0v) is 12.1.